The second-order valence-electron chi connectivity index (χ2n) is 7.68. The molecule has 0 bridgehead atoms. The highest BCUT2D eigenvalue weighted by atomic mass is 32.1. The number of para-hydroxylation sites is 1. The molecule has 3 heterocycles. The molecule has 0 unspecified atom stereocenters. The van der Waals surface area contributed by atoms with Gasteiger partial charge >= 0.3 is 5.97 Å². The molecule has 5 rings (SSSR count). The molecule has 33 heavy (non-hydrogen) atoms. The standard InChI is InChI=1S/C26H22N4O2S/c1-32-25(31)18-9-7-12-20(17-18)29-16-8-14-22(29)24-23(21-13-5-6-15-27-21)28-26(33)30(24)19-10-3-2-4-11-19/h2-17,23-24H,1H3,(H,28,33)/t23-,24+/m0/s1. The Labute approximate surface area is 197 Å². The topological polar surface area (TPSA) is 59.4 Å². The maximum atomic E-state index is 12.1. The molecule has 1 saturated heterocycles. The molecule has 6 nitrogen and oxygen atoms in total. The highest BCUT2D eigenvalue weighted by Gasteiger charge is 2.42. The Morgan fingerprint density at radius 2 is 1.76 bits per heavy atom. The number of thiocarbonyl (C=S) groups is 1. The van der Waals surface area contributed by atoms with Gasteiger partial charge in [0.1, 0.15) is 6.04 Å². The zero-order valence-electron chi connectivity index (χ0n) is 18.0. The molecular weight excluding hydrogens is 432 g/mol. The molecule has 0 amide bonds. The van der Waals surface area contributed by atoms with Crippen LogP contribution < -0.4 is 10.2 Å². The highest BCUT2D eigenvalue weighted by Crippen LogP contribution is 2.42. The second kappa shape index (κ2) is 8.88. The van der Waals surface area contributed by atoms with Crippen LogP contribution in [0, 0.1) is 0 Å². The maximum Gasteiger partial charge on any atom is 0.337 e. The van der Waals surface area contributed by atoms with Crippen LogP contribution in [0.5, 0.6) is 0 Å². The van der Waals surface area contributed by atoms with Gasteiger partial charge in [0.05, 0.1) is 24.4 Å². The molecular formula is C26H22N4O2S. The fourth-order valence-electron chi connectivity index (χ4n) is 4.29. The molecule has 0 spiro atoms. The minimum atomic E-state index is -0.369. The predicted molar refractivity (Wildman–Crippen MR) is 131 cm³/mol. The van der Waals surface area contributed by atoms with Crippen LogP contribution in [0.15, 0.2) is 97.3 Å². The van der Waals surface area contributed by atoms with E-state index >= 15 is 0 Å². The normalized spacial score (nSPS) is 17.6. The number of carbonyl (C=O) groups excluding carboxylic acids is 1. The smallest absolute Gasteiger partial charge is 0.337 e. The van der Waals surface area contributed by atoms with Gasteiger partial charge in [-0.25, -0.2) is 4.79 Å². The quantitative estimate of drug-likeness (QED) is 0.344. The summed E-state index contributed by atoms with van der Waals surface area (Å²) >= 11 is 5.80. The van der Waals surface area contributed by atoms with Crippen LogP contribution in [-0.2, 0) is 4.74 Å². The van der Waals surface area contributed by atoms with Crippen molar-refractivity contribution in [3.63, 3.8) is 0 Å². The third-order valence-corrected chi connectivity index (χ3v) is 6.08. The van der Waals surface area contributed by atoms with Crippen molar-refractivity contribution < 1.29 is 9.53 Å². The van der Waals surface area contributed by atoms with Crippen molar-refractivity contribution in [2.45, 2.75) is 12.1 Å². The summed E-state index contributed by atoms with van der Waals surface area (Å²) in [5.74, 6) is -0.369. The Hall–Kier alpha value is -3.97. The summed E-state index contributed by atoms with van der Waals surface area (Å²) in [6.07, 6.45) is 3.78. The molecule has 2 aromatic heterocycles. The SMILES string of the molecule is COC(=O)c1cccc(-n2cccc2[C@@H]2[C@H](c3ccccn3)NC(=S)N2c2ccccc2)c1. The summed E-state index contributed by atoms with van der Waals surface area (Å²) in [7, 11) is 1.39. The Kier molecular flexibility index (Phi) is 5.62. The van der Waals surface area contributed by atoms with Crippen LogP contribution in [0.3, 0.4) is 0 Å². The van der Waals surface area contributed by atoms with E-state index in [1.165, 1.54) is 7.11 Å². The van der Waals surface area contributed by atoms with Crippen molar-refractivity contribution in [3.8, 4) is 5.69 Å². The Morgan fingerprint density at radius 1 is 0.970 bits per heavy atom. The van der Waals surface area contributed by atoms with Crippen LogP contribution >= 0.6 is 12.2 Å². The van der Waals surface area contributed by atoms with Gasteiger partial charge in [0.2, 0.25) is 0 Å². The number of ether oxygens (including phenoxy) is 1. The van der Waals surface area contributed by atoms with E-state index in [1.807, 2.05) is 79.0 Å². The number of nitrogens with zero attached hydrogens (tertiary/aromatic N) is 3. The second-order valence-corrected chi connectivity index (χ2v) is 8.06. The Morgan fingerprint density at radius 3 is 2.52 bits per heavy atom. The van der Waals surface area contributed by atoms with Gasteiger partial charge in [-0.15, -0.1) is 0 Å². The van der Waals surface area contributed by atoms with Crippen molar-refractivity contribution in [3.05, 3.63) is 114 Å². The number of aromatic nitrogens is 2. The lowest BCUT2D eigenvalue weighted by molar-refractivity contribution is 0.0600. The number of carbonyl (C=O) groups is 1. The van der Waals surface area contributed by atoms with E-state index in [2.05, 4.69) is 25.8 Å². The summed E-state index contributed by atoms with van der Waals surface area (Å²) < 4.78 is 6.99. The van der Waals surface area contributed by atoms with E-state index in [9.17, 15) is 4.79 Å². The van der Waals surface area contributed by atoms with Crippen LogP contribution in [0.2, 0.25) is 0 Å². The van der Waals surface area contributed by atoms with Crippen LogP contribution in [-0.4, -0.2) is 27.7 Å². The van der Waals surface area contributed by atoms with E-state index in [-0.39, 0.29) is 18.1 Å². The number of hydrogen-bond acceptors (Lipinski definition) is 4. The Bertz CT molecular complexity index is 1290. The van der Waals surface area contributed by atoms with Gasteiger partial charge in [0, 0.05) is 29.5 Å². The summed E-state index contributed by atoms with van der Waals surface area (Å²) in [4.78, 5) is 18.9. The van der Waals surface area contributed by atoms with Crippen LogP contribution in [0.4, 0.5) is 5.69 Å². The third kappa shape index (κ3) is 3.87. The maximum absolute atomic E-state index is 12.1. The zero-order valence-corrected chi connectivity index (χ0v) is 18.8. The van der Waals surface area contributed by atoms with Crippen molar-refractivity contribution >= 4 is 29.0 Å². The average Bonchev–Trinajstić information content (AvgIpc) is 3.49. The van der Waals surface area contributed by atoms with E-state index in [0.717, 1.165) is 22.8 Å². The molecule has 1 aliphatic rings. The van der Waals surface area contributed by atoms with E-state index in [1.54, 1.807) is 12.3 Å². The number of hydrogen-bond donors (Lipinski definition) is 1. The molecule has 2 aromatic carbocycles. The predicted octanol–water partition coefficient (Wildman–Crippen LogP) is 4.84. The van der Waals surface area contributed by atoms with Gasteiger partial charge in [-0.05, 0) is 66.8 Å². The van der Waals surface area contributed by atoms with Gasteiger partial charge in [0.25, 0.3) is 0 Å². The third-order valence-electron chi connectivity index (χ3n) is 5.76. The largest absolute Gasteiger partial charge is 0.465 e. The number of benzene rings is 2. The lowest BCUT2D eigenvalue weighted by Crippen LogP contribution is -2.30. The van der Waals surface area contributed by atoms with E-state index < -0.39 is 0 Å². The molecule has 1 N–H and O–H groups in total. The first kappa shape index (κ1) is 20.9. The molecule has 4 aromatic rings. The summed E-state index contributed by atoms with van der Waals surface area (Å²) in [6.45, 7) is 0. The highest BCUT2D eigenvalue weighted by molar-refractivity contribution is 7.80. The first-order chi connectivity index (χ1) is 16.2. The lowest BCUT2D eigenvalue weighted by atomic mass is 10.0. The molecule has 1 aliphatic heterocycles. The minimum Gasteiger partial charge on any atom is -0.465 e. The monoisotopic (exact) mass is 454 g/mol. The van der Waals surface area contributed by atoms with Crippen molar-refractivity contribution in [2.24, 2.45) is 0 Å². The molecule has 0 radical (unpaired) electrons. The molecule has 1 fully saturated rings. The van der Waals surface area contributed by atoms with Crippen LogP contribution in [0.1, 0.15) is 33.8 Å². The first-order valence-electron chi connectivity index (χ1n) is 10.6. The van der Waals surface area contributed by atoms with Gasteiger partial charge in [0.15, 0.2) is 5.11 Å². The van der Waals surface area contributed by atoms with Gasteiger partial charge < -0.3 is 19.5 Å². The molecule has 2 atom stereocenters. The lowest BCUT2D eigenvalue weighted by Gasteiger charge is -2.29. The minimum absolute atomic E-state index is 0.156. The number of nitrogens with one attached hydrogen (secondary N) is 1. The van der Waals surface area contributed by atoms with Gasteiger partial charge in [-0.1, -0.05) is 30.3 Å². The van der Waals surface area contributed by atoms with E-state index in [0.29, 0.717) is 10.7 Å². The number of pyridine rings is 1. The van der Waals surface area contributed by atoms with Gasteiger partial charge in [-0.2, -0.15) is 0 Å². The van der Waals surface area contributed by atoms with E-state index in [4.69, 9.17) is 17.0 Å². The van der Waals surface area contributed by atoms with Crippen molar-refractivity contribution in [2.75, 3.05) is 12.0 Å². The van der Waals surface area contributed by atoms with Gasteiger partial charge in [-0.3, -0.25) is 4.98 Å². The van der Waals surface area contributed by atoms with Crippen LogP contribution in [0.25, 0.3) is 5.69 Å². The zero-order chi connectivity index (χ0) is 22.8. The number of rotatable bonds is 5. The fourth-order valence-corrected chi connectivity index (χ4v) is 4.64. The molecule has 7 heteroatoms. The average molecular weight is 455 g/mol. The summed E-state index contributed by atoms with van der Waals surface area (Å²) in [5, 5.41) is 4.12. The van der Waals surface area contributed by atoms with Crippen molar-refractivity contribution in [1.82, 2.24) is 14.9 Å². The number of methoxy groups -OCH3 is 1. The molecule has 164 valence electrons. The number of anilines is 1. The molecule has 0 saturated carbocycles. The first-order valence-corrected chi connectivity index (χ1v) is 11.0. The Balaban J connectivity index is 1.65. The summed E-state index contributed by atoms with van der Waals surface area (Å²) in [6, 6.07) is 27.2. The fraction of sp³-hybridized carbons (Fsp3) is 0.115. The van der Waals surface area contributed by atoms with Crippen molar-refractivity contribution in [1.29, 1.82) is 0 Å². The summed E-state index contributed by atoms with van der Waals surface area (Å²) in [5.41, 5.74) is 4.28. The number of esters is 1. The molecule has 0 aliphatic carbocycles.